The second-order valence-electron chi connectivity index (χ2n) is 7.20. The quantitative estimate of drug-likeness (QED) is 0.512. The largest absolute Gasteiger partial charge is 0.370 e. The number of anilines is 2. The molecule has 0 unspecified atom stereocenters. The number of carbonyl (C=O) groups excluding carboxylic acids is 1. The van der Waals surface area contributed by atoms with Crippen LogP contribution in [0.5, 0.6) is 0 Å². The zero-order valence-corrected chi connectivity index (χ0v) is 15.5. The van der Waals surface area contributed by atoms with Crippen LogP contribution in [0.4, 0.5) is 11.4 Å². The van der Waals surface area contributed by atoms with Gasteiger partial charge in [-0.15, -0.1) is 0 Å². The smallest absolute Gasteiger partial charge is 0.323 e. The third-order valence-corrected chi connectivity index (χ3v) is 5.31. The van der Waals surface area contributed by atoms with Crippen LogP contribution in [0.2, 0.25) is 0 Å². The van der Waals surface area contributed by atoms with E-state index in [-0.39, 0.29) is 11.6 Å². The molecule has 1 aliphatic rings. The molecule has 1 amide bonds. The van der Waals surface area contributed by atoms with Crippen molar-refractivity contribution in [3.63, 3.8) is 0 Å². The van der Waals surface area contributed by atoms with E-state index in [9.17, 15) is 9.59 Å². The number of fused-ring (bicyclic) bond motifs is 2. The minimum atomic E-state index is -0.258. The van der Waals surface area contributed by atoms with Gasteiger partial charge in [-0.1, -0.05) is 0 Å². The van der Waals surface area contributed by atoms with Gasteiger partial charge in [0.15, 0.2) is 0 Å². The summed E-state index contributed by atoms with van der Waals surface area (Å²) >= 11 is 0. The number of rotatable bonds is 3. The number of nitrogens with zero attached hydrogens (tertiary/aromatic N) is 3. The van der Waals surface area contributed by atoms with Gasteiger partial charge in [0.25, 0.3) is 5.91 Å². The van der Waals surface area contributed by atoms with Gasteiger partial charge < -0.3 is 24.8 Å². The van der Waals surface area contributed by atoms with E-state index < -0.39 is 0 Å². The second kappa shape index (κ2) is 6.26. The molecule has 5 rings (SSSR count). The summed E-state index contributed by atoms with van der Waals surface area (Å²) in [5.74, 6) is -0.203. The van der Waals surface area contributed by atoms with Crippen LogP contribution in [0.15, 0.2) is 41.5 Å². The zero-order valence-electron chi connectivity index (χ0n) is 15.5. The zero-order chi connectivity index (χ0) is 19.3. The highest BCUT2D eigenvalue weighted by molar-refractivity contribution is 6.08. The molecule has 0 atom stereocenters. The molecule has 4 aromatic rings. The molecule has 2 aromatic carbocycles. The average molecular weight is 376 g/mol. The fraction of sp³-hybridized carbons (Fsp3) is 0.250. The summed E-state index contributed by atoms with van der Waals surface area (Å²) in [7, 11) is 1.92. The van der Waals surface area contributed by atoms with Crippen LogP contribution < -0.4 is 15.9 Å². The first kappa shape index (κ1) is 16.6. The Morgan fingerprint density at radius 2 is 1.86 bits per heavy atom. The molecule has 1 fully saturated rings. The lowest BCUT2D eigenvalue weighted by Crippen LogP contribution is -2.21. The molecule has 3 N–H and O–H groups in total. The maximum absolute atomic E-state index is 12.9. The van der Waals surface area contributed by atoms with Crippen LogP contribution >= 0.6 is 0 Å². The van der Waals surface area contributed by atoms with Crippen LogP contribution in [0.1, 0.15) is 23.2 Å². The molecule has 1 aliphatic heterocycles. The topological polar surface area (TPSA) is 98.8 Å². The Hall–Kier alpha value is -3.55. The van der Waals surface area contributed by atoms with Crippen LogP contribution in [0.3, 0.4) is 0 Å². The number of hydrogen-bond acceptors (Lipinski definition) is 4. The Balaban J connectivity index is 1.54. The van der Waals surface area contributed by atoms with Crippen molar-refractivity contribution in [3.05, 3.63) is 52.7 Å². The van der Waals surface area contributed by atoms with E-state index in [1.54, 1.807) is 18.5 Å². The van der Waals surface area contributed by atoms with Gasteiger partial charge in [-0.3, -0.25) is 4.79 Å². The van der Waals surface area contributed by atoms with Gasteiger partial charge in [0, 0.05) is 25.7 Å². The van der Waals surface area contributed by atoms with Crippen LogP contribution in [0.25, 0.3) is 22.1 Å². The molecule has 0 aliphatic carbocycles. The van der Waals surface area contributed by atoms with E-state index in [1.807, 2.05) is 29.8 Å². The van der Waals surface area contributed by atoms with Crippen LogP contribution in [-0.4, -0.2) is 38.5 Å². The third-order valence-electron chi connectivity index (χ3n) is 5.31. The first-order valence-corrected chi connectivity index (χ1v) is 9.32. The van der Waals surface area contributed by atoms with Gasteiger partial charge in [-0.25, -0.2) is 9.78 Å². The van der Waals surface area contributed by atoms with Gasteiger partial charge in [0.05, 0.1) is 39.8 Å². The number of H-pyrrole nitrogens is 2. The molecule has 0 bridgehead atoms. The highest BCUT2D eigenvalue weighted by Gasteiger charge is 2.19. The number of carbonyl (C=O) groups is 1. The van der Waals surface area contributed by atoms with Gasteiger partial charge in [0.1, 0.15) is 0 Å². The number of aromatic nitrogens is 4. The predicted octanol–water partition coefficient (Wildman–Crippen LogP) is 2.60. The Bertz CT molecular complexity index is 1260. The molecule has 28 heavy (non-hydrogen) atoms. The molecule has 8 heteroatoms. The number of amides is 1. The average Bonchev–Trinajstić information content (AvgIpc) is 3.40. The minimum absolute atomic E-state index is 0.203. The van der Waals surface area contributed by atoms with Gasteiger partial charge in [-0.2, -0.15) is 0 Å². The standard InChI is InChI=1S/C20H20N6O2/c1-25-11-21-15-8-12(4-5-17(15)25)19(27)22-16-9-13-14(24-20(28)23-13)10-18(16)26-6-2-3-7-26/h4-5,8-11H,2-3,6-7H2,1H3,(H,22,27)(H2,23,24,28). The number of benzene rings is 2. The molecule has 3 heterocycles. The van der Waals surface area contributed by atoms with Crippen molar-refractivity contribution < 1.29 is 4.79 Å². The number of hydrogen-bond donors (Lipinski definition) is 3. The van der Waals surface area contributed by atoms with Crippen molar-refractivity contribution >= 4 is 39.3 Å². The summed E-state index contributed by atoms with van der Waals surface area (Å²) in [6.07, 6.45) is 3.96. The van der Waals surface area contributed by atoms with Crippen LogP contribution in [-0.2, 0) is 7.05 Å². The second-order valence-corrected chi connectivity index (χ2v) is 7.20. The normalized spacial score (nSPS) is 14.2. The monoisotopic (exact) mass is 376 g/mol. The Morgan fingerprint density at radius 3 is 2.64 bits per heavy atom. The van der Waals surface area contributed by atoms with Gasteiger partial charge in [0.2, 0.25) is 0 Å². The molecular weight excluding hydrogens is 356 g/mol. The maximum Gasteiger partial charge on any atom is 0.323 e. The van der Waals surface area contributed by atoms with Crippen LogP contribution in [0, 0.1) is 0 Å². The van der Waals surface area contributed by atoms with E-state index in [0.29, 0.717) is 16.8 Å². The maximum atomic E-state index is 12.9. The molecule has 0 radical (unpaired) electrons. The number of imidazole rings is 2. The van der Waals surface area contributed by atoms with Gasteiger partial charge in [-0.05, 0) is 43.2 Å². The fourth-order valence-corrected chi connectivity index (χ4v) is 3.86. The fourth-order valence-electron chi connectivity index (χ4n) is 3.86. The van der Waals surface area contributed by atoms with E-state index in [2.05, 4.69) is 25.2 Å². The van der Waals surface area contributed by atoms with Crippen molar-refractivity contribution in [2.45, 2.75) is 12.8 Å². The lowest BCUT2D eigenvalue weighted by molar-refractivity contribution is 0.102. The number of nitrogens with one attached hydrogen (secondary N) is 3. The summed E-state index contributed by atoms with van der Waals surface area (Å²) in [6, 6.07) is 9.22. The van der Waals surface area contributed by atoms with E-state index in [1.165, 1.54) is 0 Å². The van der Waals surface area contributed by atoms with E-state index >= 15 is 0 Å². The molecule has 142 valence electrons. The minimum Gasteiger partial charge on any atom is -0.370 e. The molecule has 8 nitrogen and oxygen atoms in total. The molecule has 0 spiro atoms. The summed E-state index contributed by atoms with van der Waals surface area (Å²) in [5, 5.41) is 3.03. The summed E-state index contributed by atoms with van der Waals surface area (Å²) < 4.78 is 1.92. The van der Waals surface area contributed by atoms with Crippen molar-refractivity contribution in [2.24, 2.45) is 7.05 Å². The Morgan fingerprint density at radius 1 is 1.11 bits per heavy atom. The highest BCUT2D eigenvalue weighted by Crippen LogP contribution is 2.32. The molecule has 1 saturated heterocycles. The van der Waals surface area contributed by atoms with E-state index in [4.69, 9.17) is 0 Å². The first-order valence-electron chi connectivity index (χ1n) is 9.32. The summed E-state index contributed by atoms with van der Waals surface area (Å²) in [6.45, 7) is 1.87. The van der Waals surface area contributed by atoms with Crippen molar-refractivity contribution in [3.8, 4) is 0 Å². The number of aryl methyl sites for hydroxylation is 1. The summed E-state index contributed by atoms with van der Waals surface area (Å²) in [4.78, 5) is 36.7. The SMILES string of the molecule is Cn1cnc2cc(C(=O)Nc3cc4[nH]c(=O)[nH]c4cc3N3CCCC3)ccc21. The Kier molecular flexibility index (Phi) is 3.71. The lowest BCUT2D eigenvalue weighted by atomic mass is 10.1. The van der Waals surface area contributed by atoms with E-state index in [0.717, 1.165) is 48.2 Å². The third kappa shape index (κ3) is 2.74. The molecule has 2 aromatic heterocycles. The summed E-state index contributed by atoms with van der Waals surface area (Å²) in [5.41, 5.74) is 5.06. The van der Waals surface area contributed by atoms with Crippen molar-refractivity contribution in [2.75, 3.05) is 23.3 Å². The predicted molar refractivity (Wildman–Crippen MR) is 109 cm³/mol. The highest BCUT2D eigenvalue weighted by atomic mass is 16.2. The van der Waals surface area contributed by atoms with Crippen molar-refractivity contribution in [1.82, 2.24) is 19.5 Å². The molecule has 0 saturated carbocycles. The van der Waals surface area contributed by atoms with Crippen molar-refractivity contribution in [1.29, 1.82) is 0 Å². The first-order chi connectivity index (χ1) is 13.6. The number of aromatic amines is 2. The lowest BCUT2D eigenvalue weighted by Gasteiger charge is -2.22. The molecular formula is C20H20N6O2. The van der Waals surface area contributed by atoms with Gasteiger partial charge >= 0.3 is 5.69 Å². The Labute approximate surface area is 160 Å².